The normalized spacial score (nSPS) is 11.2. The fraction of sp³-hybridized carbons (Fsp3) is 0.625. The van der Waals surface area contributed by atoms with Gasteiger partial charge in [0, 0.05) is 12.6 Å². The summed E-state index contributed by atoms with van der Waals surface area (Å²) >= 11 is 0. The lowest BCUT2D eigenvalue weighted by Crippen LogP contribution is -2.32. The third-order valence-electron chi connectivity index (χ3n) is 1.18. The lowest BCUT2D eigenvalue weighted by atomic mass is 10.2. The van der Waals surface area contributed by atoms with Gasteiger partial charge in [-0.25, -0.2) is 0 Å². The lowest BCUT2D eigenvalue weighted by Gasteiger charge is -2.08. The first-order chi connectivity index (χ1) is 5.20. The minimum absolute atomic E-state index is 0.00616. The first kappa shape index (κ1) is 9.99. The van der Waals surface area contributed by atoms with Crippen molar-refractivity contribution in [3.05, 3.63) is 0 Å². The third kappa shape index (κ3) is 5.43. The topological polar surface area (TPSA) is 49.3 Å². The number of amides is 1. The molecule has 0 aromatic heterocycles. The van der Waals surface area contributed by atoms with Crippen molar-refractivity contribution >= 4 is 5.91 Å². The number of aliphatic hydroxyl groups excluding tert-OH is 1. The molecule has 0 aromatic rings. The van der Waals surface area contributed by atoms with Crippen molar-refractivity contribution in [2.75, 3.05) is 6.61 Å². The first-order valence-corrected chi connectivity index (χ1v) is 3.54. The van der Waals surface area contributed by atoms with Gasteiger partial charge in [0.1, 0.15) is 0 Å². The number of carbonyl (C=O) groups is 1. The summed E-state index contributed by atoms with van der Waals surface area (Å²) in [6.07, 6.45) is 0.567. The van der Waals surface area contributed by atoms with Gasteiger partial charge < -0.3 is 10.4 Å². The summed E-state index contributed by atoms with van der Waals surface area (Å²) in [6, 6.07) is -0.00616. The molecule has 62 valence electrons. The number of carbonyl (C=O) groups excluding carboxylic acids is 1. The zero-order valence-electron chi connectivity index (χ0n) is 6.85. The zero-order valence-corrected chi connectivity index (χ0v) is 6.85. The molecule has 11 heavy (non-hydrogen) atoms. The number of nitrogens with one attached hydrogen (secondary N) is 1. The molecule has 0 bridgehead atoms. The largest absolute Gasteiger partial charge is 0.396 e. The first-order valence-electron chi connectivity index (χ1n) is 3.54. The van der Waals surface area contributed by atoms with Crippen molar-refractivity contribution in [1.29, 1.82) is 0 Å². The highest BCUT2D eigenvalue weighted by molar-refractivity contribution is 5.93. The molecule has 3 nitrogen and oxygen atoms in total. The lowest BCUT2D eigenvalue weighted by molar-refractivity contribution is -0.116. The highest BCUT2D eigenvalue weighted by Gasteiger charge is 2.02. The van der Waals surface area contributed by atoms with E-state index in [-0.39, 0.29) is 18.6 Å². The van der Waals surface area contributed by atoms with Gasteiger partial charge in [-0.2, -0.15) is 0 Å². The molecule has 0 heterocycles. The molecule has 2 N–H and O–H groups in total. The fourth-order valence-electron chi connectivity index (χ4n) is 0.639. The van der Waals surface area contributed by atoms with Crippen molar-refractivity contribution in [3.8, 4) is 11.8 Å². The predicted octanol–water partition coefficient (Wildman–Crippen LogP) is -0.103. The second-order valence-electron chi connectivity index (χ2n) is 2.26. The van der Waals surface area contributed by atoms with Crippen molar-refractivity contribution in [1.82, 2.24) is 5.32 Å². The molecule has 0 radical (unpaired) electrons. The van der Waals surface area contributed by atoms with Gasteiger partial charge in [0.2, 0.25) is 0 Å². The smallest absolute Gasteiger partial charge is 0.296 e. The molecule has 0 spiro atoms. The number of rotatable bonds is 3. The van der Waals surface area contributed by atoms with Crippen LogP contribution >= 0.6 is 0 Å². The quantitative estimate of drug-likeness (QED) is 0.559. The van der Waals surface area contributed by atoms with E-state index >= 15 is 0 Å². The number of hydrogen-bond acceptors (Lipinski definition) is 2. The van der Waals surface area contributed by atoms with Crippen LogP contribution < -0.4 is 5.32 Å². The molecule has 0 rings (SSSR count). The summed E-state index contributed by atoms with van der Waals surface area (Å²) in [6.45, 7) is 3.52. The van der Waals surface area contributed by atoms with Crippen LogP contribution in [-0.4, -0.2) is 23.7 Å². The van der Waals surface area contributed by atoms with E-state index in [1.807, 2.05) is 6.92 Å². The second kappa shape index (κ2) is 5.75. The minimum Gasteiger partial charge on any atom is -0.396 e. The van der Waals surface area contributed by atoms with Gasteiger partial charge >= 0.3 is 0 Å². The van der Waals surface area contributed by atoms with E-state index in [1.165, 1.54) is 0 Å². The maximum absolute atomic E-state index is 10.8. The Morgan fingerprint density at radius 1 is 1.73 bits per heavy atom. The molecule has 1 amide bonds. The molecule has 0 saturated heterocycles. The SMILES string of the molecule is CC#CC(=O)N[C@@H](C)CCO. The molecule has 0 fully saturated rings. The van der Waals surface area contributed by atoms with Gasteiger partial charge in [0.15, 0.2) is 0 Å². The van der Waals surface area contributed by atoms with Crippen LogP contribution in [0.3, 0.4) is 0 Å². The number of hydrogen-bond donors (Lipinski definition) is 2. The Labute approximate surface area is 66.8 Å². The molecular formula is C8H13NO2. The van der Waals surface area contributed by atoms with E-state index in [4.69, 9.17) is 5.11 Å². The van der Waals surface area contributed by atoms with Crippen LogP contribution in [0, 0.1) is 11.8 Å². The molecule has 0 aromatic carbocycles. The highest BCUT2D eigenvalue weighted by atomic mass is 16.3. The maximum atomic E-state index is 10.8. The Hall–Kier alpha value is -1.01. The molecular weight excluding hydrogens is 142 g/mol. The van der Waals surface area contributed by atoms with Gasteiger partial charge in [0.05, 0.1) is 0 Å². The average Bonchev–Trinajstić information content (AvgIpc) is 1.87. The average molecular weight is 155 g/mol. The third-order valence-corrected chi connectivity index (χ3v) is 1.18. The van der Waals surface area contributed by atoms with Crippen LogP contribution in [-0.2, 0) is 4.79 Å². The predicted molar refractivity (Wildman–Crippen MR) is 42.8 cm³/mol. The molecule has 0 aliphatic carbocycles. The monoisotopic (exact) mass is 155 g/mol. The van der Waals surface area contributed by atoms with Crippen molar-refractivity contribution in [2.24, 2.45) is 0 Å². The van der Waals surface area contributed by atoms with E-state index in [9.17, 15) is 4.79 Å². The molecule has 0 unspecified atom stereocenters. The van der Waals surface area contributed by atoms with Crippen LogP contribution in [0.5, 0.6) is 0 Å². The Morgan fingerprint density at radius 3 is 2.82 bits per heavy atom. The summed E-state index contributed by atoms with van der Waals surface area (Å²) in [5.41, 5.74) is 0. The van der Waals surface area contributed by atoms with Gasteiger partial charge in [-0.1, -0.05) is 5.92 Å². The van der Waals surface area contributed by atoms with E-state index in [0.717, 1.165) is 0 Å². The van der Waals surface area contributed by atoms with Gasteiger partial charge in [-0.3, -0.25) is 4.79 Å². The summed E-state index contributed by atoms with van der Waals surface area (Å²) in [5, 5.41) is 11.1. The summed E-state index contributed by atoms with van der Waals surface area (Å²) in [5.74, 6) is 4.56. The molecule has 0 aliphatic rings. The van der Waals surface area contributed by atoms with Crippen LogP contribution in [0.25, 0.3) is 0 Å². The molecule has 0 saturated carbocycles. The van der Waals surface area contributed by atoms with E-state index in [2.05, 4.69) is 17.2 Å². The summed E-state index contributed by atoms with van der Waals surface area (Å²) < 4.78 is 0. The van der Waals surface area contributed by atoms with Crippen LogP contribution in [0.2, 0.25) is 0 Å². The summed E-state index contributed by atoms with van der Waals surface area (Å²) in [4.78, 5) is 10.8. The molecule has 0 aliphatic heterocycles. The Kier molecular flexibility index (Phi) is 5.22. The fourth-order valence-corrected chi connectivity index (χ4v) is 0.639. The standard InChI is InChI=1S/C8H13NO2/c1-3-4-8(11)9-7(2)5-6-10/h7,10H,5-6H2,1-2H3,(H,9,11)/t7-/m0/s1. The van der Waals surface area contributed by atoms with Crippen LogP contribution in [0.1, 0.15) is 20.3 Å². The second-order valence-corrected chi connectivity index (χ2v) is 2.26. The number of aliphatic hydroxyl groups is 1. The van der Waals surface area contributed by atoms with Gasteiger partial charge in [-0.15, -0.1) is 0 Å². The highest BCUT2D eigenvalue weighted by Crippen LogP contribution is 1.86. The zero-order chi connectivity index (χ0) is 8.69. The van der Waals surface area contributed by atoms with E-state index in [0.29, 0.717) is 6.42 Å². The van der Waals surface area contributed by atoms with Crippen LogP contribution in [0.15, 0.2) is 0 Å². The molecule has 3 heteroatoms. The Morgan fingerprint density at radius 2 is 2.36 bits per heavy atom. The van der Waals surface area contributed by atoms with Crippen molar-refractivity contribution in [3.63, 3.8) is 0 Å². The Balaban J connectivity index is 3.63. The minimum atomic E-state index is -0.284. The summed E-state index contributed by atoms with van der Waals surface area (Å²) in [7, 11) is 0. The van der Waals surface area contributed by atoms with Crippen molar-refractivity contribution in [2.45, 2.75) is 26.3 Å². The van der Waals surface area contributed by atoms with E-state index < -0.39 is 0 Å². The van der Waals surface area contributed by atoms with Crippen LogP contribution in [0.4, 0.5) is 0 Å². The van der Waals surface area contributed by atoms with Gasteiger partial charge in [0.25, 0.3) is 5.91 Å². The Bertz CT molecular complexity index is 178. The maximum Gasteiger partial charge on any atom is 0.296 e. The van der Waals surface area contributed by atoms with Gasteiger partial charge in [-0.05, 0) is 26.2 Å². The van der Waals surface area contributed by atoms with E-state index in [1.54, 1.807) is 6.92 Å². The van der Waals surface area contributed by atoms with Crippen molar-refractivity contribution < 1.29 is 9.90 Å². The molecule has 1 atom stereocenters.